The Bertz CT molecular complexity index is 2100. The third-order valence-corrected chi connectivity index (χ3v) is 9.14. The Labute approximate surface area is 321 Å². The van der Waals surface area contributed by atoms with E-state index in [1.165, 1.54) is 37.5 Å². The highest BCUT2D eigenvalue weighted by Crippen LogP contribution is 2.45. The highest BCUT2D eigenvalue weighted by molar-refractivity contribution is 5.89. The predicted octanol–water partition coefficient (Wildman–Crippen LogP) is -0.461. The molecule has 0 spiro atoms. The number of hydrogen-bond acceptors (Lipinski definition) is 19. The average Bonchev–Trinajstić information content (AvgIpc) is 3.19. The van der Waals surface area contributed by atoms with Crippen molar-refractivity contribution in [3.63, 3.8) is 0 Å². The second kappa shape index (κ2) is 16.8. The van der Waals surface area contributed by atoms with Crippen LogP contribution in [0.3, 0.4) is 0 Å². The molecule has 2 saturated heterocycles. The summed E-state index contributed by atoms with van der Waals surface area (Å²) in [6.45, 7) is -1.44. The summed E-state index contributed by atoms with van der Waals surface area (Å²) in [5, 5.41) is 124. The number of benzene rings is 3. The SMILES string of the molecule is COc1cc(C=CC(=O)OC[C@H]2O[C@@H](Oc3cc(O)cc4[o+]c(-c5cc(O)c(O)c(O)c5)c(O[C@@H]5O[C@H](CO)[C@H](O)[C@H](O)[C@H]5O)cc34)[C@H](O)[C@@H](O)[C@@H]2O)ccc1O. The van der Waals surface area contributed by atoms with E-state index in [4.69, 9.17) is 32.8 Å². The first-order valence-electron chi connectivity index (χ1n) is 17.0. The molecule has 3 heterocycles. The quantitative estimate of drug-likeness (QED) is 0.0395. The number of fused-ring (bicyclic) bond motifs is 1. The van der Waals surface area contributed by atoms with Gasteiger partial charge in [0.2, 0.25) is 18.3 Å². The molecule has 12 N–H and O–H groups in total. The lowest BCUT2D eigenvalue weighted by molar-refractivity contribution is -0.278. The van der Waals surface area contributed by atoms with Crippen LogP contribution in [-0.2, 0) is 19.0 Å². The third-order valence-electron chi connectivity index (χ3n) is 9.14. The van der Waals surface area contributed by atoms with Gasteiger partial charge in [-0.3, -0.25) is 0 Å². The van der Waals surface area contributed by atoms with E-state index >= 15 is 0 Å². The molecule has 0 aliphatic carbocycles. The monoisotopic (exact) mass is 803 g/mol. The number of ether oxygens (including phenoxy) is 6. The Morgan fingerprint density at radius 2 is 1.33 bits per heavy atom. The summed E-state index contributed by atoms with van der Waals surface area (Å²) >= 11 is 0. The lowest BCUT2D eigenvalue weighted by atomic mass is 9.99. The minimum atomic E-state index is -1.93. The van der Waals surface area contributed by atoms with Crippen molar-refractivity contribution in [2.45, 2.75) is 61.4 Å². The van der Waals surface area contributed by atoms with E-state index in [2.05, 4.69) is 0 Å². The number of methoxy groups -OCH3 is 1. The highest BCUT2D eigenvalue weighted by Gasteiger charge is 2.47. The Balaban J connectivity index is 1.30. The molecule has 0 bridgehead atoms. The van der Waals surface area contributed by atoms with Crippen LogP contribution in [-0.4, -0.2) is 149 Å². The Morgan fingerprint density at radius 3 is 1.96 bits per heavy atom. The van der Waals surface area contributed by atoms with Crippen LogP contribution in [0.25, 0.3) is 28.4 Å². The van der Waals surface area contributed by atoms with Crippen molar-refractivity contribution < 1.29 is 98.9 Å². The van der Waals surface area contributed by atoms with Gasteiger partial charge in [0.25, 0.3) is 0 Å². The molecule has 0 saturated carbocycles. The number of carbonyl (C=O) groups excluding carboxylic acids is 1. The van der Waals surface area contributed by atoms with Crippen molar-refractivity contribution in [2.24, 2.45) is 0 Å². The molecule has 2 aliphatic rings. The van der Waals surface area contributed by atoms with Crippen LogP contribution in [0.1, 0.15) is 5.56 Å². The molecule has 0 unspecified atom stereocenters. The Kier molecular flexibility index (Phi) is 12.1. The van der Waals surface area contributed by atoms with Gasteiger partial charge in [0, 0.05) is 30.3 Å². The molecule has 10 atom stereocenters. The van der Waals surface area contributed by atoms with Gasteiger partial charge >= 0.3 is 17.3 Å². The molecule has 4 aromatic rings. The first kappa shape index (κ1) is 41.0. The molecule has 20 nitrogen and oxygen atoms in total. The number of carbonyl (C=O) groups is 1. The largest absolute Gasteiger partial charge is 0.507 e. The smallest absolute Gasteiger partial charge is 0.402 e. The van der Waals surface area contributed by atoms with Crippen molar-refractivity contribution in [3.05, 3.63) is 60.2 Å². The van der Waals surface area contributed by atoms with Crippen LogP contribution in [0.4, 0.5) is 0 Å². The Morgan fingerprint density at radius 1 is 0.719 bits per heavy atom. The molecular formula is C37H39O20+. The van der Waals surface area contributed by atoms with Crippen LogP contribution in [0, 0.1) is 0 Å². The molecule has 306 valence electrons. The zero-order chi connectivity index (χ0) is 41.3. The fraction of sp³-hybridized carbons (Fsp3) is 0.351. The summed E-state index contributed by atoms with van der Waals surface area (Å²) in [5.41, 5.74) is 0.136. The van der Waals surface area contributed by atoms with Gasteiger partial charge in [-0.25, -0.2) is 9.21 Å². The molecule has 0 amide bonds. The van der Waals surface area contributed by atoms with Crippen LogP contribution < -0.4 is 14.2 Å². The Hall–Kier alpha value is -5.68. The normalized spacial score (nSPS) is 27.6. The van der Waals surface area contributed by atoms with Crippen LogP contribution >= 0.6 is 0 Å². The molecule has 1 aromatic heterocycles. The van der Waals surface area contributed by atoms with Gasteiger partial charge in [-0.15, -0.1) is 0 Å². The number of esters is 1. The predicted molar refractivity (Wildman–Crippen MR) is 189 cm³/mol. The number of aliphatic hydroxyl groups is 7. The minimum Gasteiger partial charge on any atom is -0.507 e. The van der Waals surface area contributed by atoms with E-state index in [0.29, 0.717) is 5.56 Å². The van der Waals surface area contributed by atoms with Gasteiger partial charge in [0.1, 0.15) is 72.3 Å². The summed E-state index contributed by atoms with van der Waals surface area (Å²) in [6, 6.07) is 9.57. The number of hydrogen-bond donors (Lipinski definition) is 12. The molecule has 0 radical (unpaired) electrons. The summed E-state index contributed by atoms with van der Waals surface area (Å²) < 4.78 is 39.1. The van der Waals surface area contributed by atoms with Gasteiger partial charge in [-0.1, -0.05) is 6.07 Å². The van der Waals surface area contributed by atoms with Crippen molar-refractivity contribution in [3.8, 4) is 57.3 Å². The van der Waals surface area contributed by atoms with E-state index in [-0.39, 0.29) is 45.3 Å². The maximum absolute atomic E-state index is 12.5. The first-order chi connectivity index (χ1) is 27.1. The molecular weight excluding hydrogens is 764 g/mol. The van der Waals surface area contributed by atoms with Crippen molar-refractivity contribution in [1.29, 1.82) is 0 Å². The molecule has 20 heteroatoms. The lowest BCUT2D eigenvalue weighted by Crippen LogP contribution is -2.60. The number of phenols is 5. The summed E-state index contributed by atoms with van der Waals surface area (Å²) in [5.74, 6) is -4.83. The van der Waals surface area contributed by atoms with Crippen LogP contribution in [0.15, 0.2) is 59.0 Å². The molecule has 2 aliphatic heterocycles. The van der Waals surface area contributed by atoms with Gasteiger partial charge in [-0.05, 0) is 23.8 Å². The zero-order valence-corrected chi connectivity index (χ0v) is 29.6. The molecule has 3 aromatic carbocycles. The second-order valence-corrected chi connectivity index (χ2v) is 13.0. The molecule has 6 rings (SSSR count). The van der Waals surface area contributed by atoms with Crippen LogP contribution in [0.5, 0.6) is 46.0 Å². The van der Waals surface area contributed by atoms with E-state index in [1.807, 2.05) is 0 Å². The van der Waals surface area contributed by atoms with Gasteiger partial charge in [0.15, 0.2) is 28.7 Å². The summed E-state index contributed by atoms with van der Waals surface area (Å²) in [7, 11) is 1.35. The highest BCUT2D eigenvalue weighted by atomic mass is 16.7. The van der Waals surface area contributed by atoms with E-state index < -0.39 is 104 Å². The maximum atomic E-state index is 12.5. The number of phenolic OH excluding ortho intramolecular Hbond substituents is 5. The average molecular weight is 804 g/mol. The lowest BCUT2D eigenvalue weighted by Gasteiger charge is -2.40. The maximum Gasteiger partial charge on any atom is 0.402 e. The second-order valence-electron chi connectivity index (χ2n) is 13.0. The van der Waals surface area contributed by atoms with E-state index in [0.717, 1.165) is 30.3 Å². The minimum absolute atomic E-state index is 0.0706. The first-order valence-corrected chi connectivity index (χ1v) is 17.0. The van der Waals surface area contributed by atoms with Crippen molar-refractivity contribution in [2.75, 3.05) is 20.3 Å². The number of aromatic hydroxyl groups is 5. The third kappa shape index (κ3) is 8.54. The fourth-order valence-electron chi connectivity index (χ4n) is 6.03. The number of rotatable bonds is 11. The van der Waals surface area contributed by atoms with Gasteiger partial charge in [0.05, 0.1) is 25.3 Å². The zero-order valence-electron chi connectivity index (χ0n) is 29.6. The fourth-order valence-corrected chi connectivity index (χ4v) is 6.03. The van der Waals surface area contributed by atoms with Crippen molar-refractivity contribution in [1.82, 2.24) is 0 Å². The van der Waals surface area contributed by atoms with Crippen LogP contribution in [0.2, 0.25) is 0 Å². The standard InChI is InChI=1S/C37H38O20/c1-51-23-6-14(2-4-18(23)40)3-5-27(43)52-13-26-30(46)32(48)34(50)36(57-26)54-22-10-16(39)9-21-17(22)11-24(35(53-21)15-7-19(41)28(44)20(42)8-15)55-37-33(49)31(47)29(45)25(12-38)56-37/h2-11,25-26,29-34,36-38,45-50H,12-13H2,1H3,(H4-,39,40,41,42,43,44)/p+1/t25-,26-,29+,30-,31+,32+,33-,34-,36-,37-/m1/s1. The molecule has 2 fully saturated rings. The topological polar surface area (TPSA) is 327 Å². The van der Waals surface area contributed by atoms with E-state index in [1.54, 1.807) is 0 Å². The summed E-state index contributed by atoms with van der Waals surface area (Å²) in [6.07, 6.45) is -15.2. The number of aliphatic hydroxyl groups excluding tert-OH is 7. The summed E-state index contributed by atoms with van der Waals surface area (Å²) in [4.78, 5) is 12.5. The van der Waals surface area contributed by atoms with Crippen molar-refractivity contribution >= 4 is 23.0 Å². The molecule has 57 heavy (non-hydrogen) atoms. The van der Waals surface area contributed by atoms with E-state index in [9.17, 15) is 66.1 Å². The van der Waals surface area contributed by atoms with Gasteiger partial charge < -0.3 is 89.7 Å². The van der Waals surface area contributed by atoms with Gasteiger partial charge in [-0.2, -0.15) is 0 Å².